The maximum atomic E-state index is 13.4. The van der Waals surface area contributed by atoms with E-state index in [0.717, 1.165) is 37.1 Å². The van der Waals surface area contributed by atoms with Crippen molar-refractivity contribution in [2.45, 2.75) is 25.2 Å². The minimum atomic E-state index is -0.344. The number of fused-ring (bicyclic) bond motifs is 1. The molecule has 1 N–H and O–H groups in total. The van der Waals surface area contributed by atoms with Gasteiger partial charge in [0.25, 0.3) is 0 Å². The Labute approximate surface area is 175 Å². The number of aromatic amines is 1. The van der Waals surface area contributed by atoms with Crippen LogP contribution in [0.5, 0.6) is 0 Å². The second-order valence-electron chi connectivity index (χ2n) is 7.93. The highest BCUT2D eigenvalue weighted by atomic mass is 16.7. The molecule has 0 saturated carbocycles. The monoisotopic (exact) mass is 403 g/mol. The van der Waals surface area contributed by atoms with Crippen molar-refractivity contribution < 1.29 is 14.3 Å². The van der Waals surface area contributed by atoms with Gasteiger partial charge in [-0.3, -0.25) is 4.79 Å². The van der Waals surface area contributed by atoms with Gasteiger partial charge in [-0.25, -0.2) is 4.98 Å². The third-order valence-electron chi connectivity index (χ3n) is 6.15. The molecule has 0 aliphatic carbocycles. The number of carbonyl (C=O) groups is 1. The van der Waals surface area contributed by atoms with Gasteiger partial charge in [-0.05, 0) is 48.4 Å². The highest BCUT2D eigenvalue weighted by Crippen LogP contribution is 2.34. The van der Waals surface area contributed by atoms with E-state index < -0.39 is 0 Å². The third kappa shape index (κ3) is 3.65. The molecule has 5 rings (SSSR count). The largest absolute Gasteiger partial charge is 0.462 e. The fraction of sp³-hybridized carbons (Fsp3) is 0.333. The van der Waals surface area contributed by atoms with Crippen LogP contribution in [-0.4, -0.2) is 40.7 Å². The van der Waals surface area contributed by atoms with E-state index in [2.05, 4.69) is 22.2 Å². The average Bonchev–Trinajstić information content (AvgIpc) is 3.48. The Morgan fingerprint density at radius 3 is 2.77 bits per heavy atom. The maximum Gasteiger partial charge on any atom is 0.233 e. The Hall–Kier alpha value is -3.28. The number of amides is 1. The van der Waals surface area contributed by atoms with Crippen molar-refractivity contribution in [1.82, 2.24) is 14.9 Å². The molecule has 3 aromatic rings. The number of nitrogens with zero attached hydrogens (tertiary/aromatic N) is 2. The number of piperidine rings is 1. The van der Waals surface area contributed by atoms with E-state index in [-0.39, 0.29) is 18.6 Å². The molecule has 154 valence electrons. The van der Waals surface area contributed by atoms with Crippen LogP contribution in [0, 0.1) is 5.92 Å². The number of rotatable bonds is 5. The van der Waals surface area contributed by atoms with Crippen LogP contribution in [0.15, 0.2) is 66.9 Å². The summed E-state index contributed by atoms with van der Waals surface area (Å²) in [6.07, 6.45) is 7.98. The number of hydrogen-bond acceptors (Lipinski definition) is 4. The standard InChI is InChI=1S/C24H25N3O3/c28-24(20(22-15-29-16-30-22)13-17-5-2-1-3-6-17)27-11-8-18(9-12-27)21-14-26-23-19(21)7-4-10-25-23/h1-7,10,14-15,18,20H,8-9,11-13,16H2,(H,25,26). The zero-order chi connectivity index (χ0) is 20.3. The van der Waals surface area contributed by atoms with Gasteiger partial charge in [-0.2, -0.15) is 0 Å². The first kappa shape index (κ1) is 18.7. The van der Waals surface area contributed by atoms with E-state index in [9.17, 15) is 4.79 Å². The van der Waals surface area contributed by atoms with Crippen molar-refractivity contribution in [3.8, 4) is 0 Å². The number of ether oxygens (including phenoxy) is 2. The number of likely N-dealkylation sites (tertiary alicyclic amines) is 1. The Morgan fingerprint density at radius 1 is 1.17 bits per heavy atom. The van der Waals surface area contributed by atoms with Crippen LogP contribution >= 0.6 is 0 Å². The van der Waals surface area contributed by atoms with Crippen molar-refractivity contribution >= 4 is 16.9 Å². The number of benzene rings is 1. The van der Waals surface area contributed by atoms with Crippen molar-refractivity contribution in [3.63, 3.8) is 0 Å². The molecule has 6 nitrogen and oxygen atoms in total. The summed E-state index contributed by atoms with van der Waals surface area (Å²) < 4.78 is 10.9. The van der Waals surface area contributed by atoms with Crippen molar-refractivity contribution in [3.05, 3.63) is 78.0 Å². The third-order valence-corrected chi connectivity index (χ3v) is 6.15. The molecular weight excluding hydrogens is 378 g/mol. The van der Waals surface area contributed by atoms with Crippen LogP contribution in [-0.2, 0) is 20.7 Å². The number of carbonyl (C=O) groups excluding carboxylic acids is 1. The lowest BCUT2D eigenvalue weighted by molar-refractivity contribution is -0.136. The van der Waals surface area contributed by atoms with Crippen LogP contribution in [0.3, 0.4) is 0 Å². The predicted molar refractivity (Wildman–Crippen MR) is 113 cm³/mol. The fourth-order valence-electron chi connectivity index (χ4n) is 4.54. The molecule has 1 fully saturated rings. The number of hydrogen-bond donors (Lipinski definition) is 1. The van der Waals surface area contributed by atoms with Crippen molar-refractivity contribution in [2.75, 3.05) is 19.9 Å². The molecule has 1 saturated heterocycles. The normalized spacial score (nSPS) is 18.0. The van der Waals surface area contributed by atoms with Gasteiger partial charge in [0.2, 0.25) is 12.7 Å². The lowest BCUT2D eigenvalue weighted by Crippen LogP contribution is -2.42. The number of H-pyrrole nitrogens is 1. The van der Waals surface area contributed by atoms with Gasteiger partial charge in [0.15, 0.2) is 0 Å². The molecular formula is C24H25N3O3. The van der Waals surface area contributed by atoms with Crippen LogP contribution in [0.1, 0.15) is 29.9 Å². The van der Waals surface area contributed by atoms with Gasteiger partial charge in [0.05, 0.1) is 0 Å². The number of pyridine rings is 1. The van der Waals surface area contributed by atoms with Crippen molar-refractivity contribution in [1.29, 1.82) is 0 Å². The summed E-state index contributed by atoms with van der Waals surface area (Å²) in [5.41, 5.74) is 3.36. The van der Waals surface area contributed by atoms with Gasteiger partial charge in [0.1, 0.15) is 23.6 Å². The lowest BCUT2D eigenvalue weighted by Gasteiger charge is -2.34. The first-order chi connectivity index (χ1) is 14.8. The quantitative estimate of drug-likeness (QED) is 0.700. The minimum Gasteiger partial charge on any atom is -0.462 e. The second kappa shape index (κ2) is 8.22. The summed E-state index contributed by atoms with van der Waals surface area (Å²) in [5, 5.41) is 1.19. The van der Waals surface area contributed by atoms with Gasteiger partial charge < -0.3 is 19.4 Å². The zero-order valence-electron chi connectivity index (χ0n) is 16.8. The van der Waals surface area contributed by atoms with Crippen molar-refractivity contribution in [2.24, 2.45) is 5.92 Å². The summed E-state index contributed by atoms with van der Waals surface area (Å²) in [4.78, 5) is 23.1. The molecule has 1 amide bonds. The smallest absolute Gasteiger partial charge is 0.233 e. The first-order valence-corrected chi connectivity index (χ1v) is 10.5. The van der Waals surface area contributed by atoms with Gasteiger partial charge in [-0.15, -0.1) is 0 Å². The molecule has 2 aromatic heterocycles. The fourth-order valence-corrected chi connectivity index (χ4v) is 4.54. The highest BCUT2D eigenvalue weighted by molar-refractivity contribution is 5.82. The van der Waals surface area contributed by atoms with Crippen LogP contribution in [0.25, 0.3) is 11.0 Å². The summed E-state index contributed by atoms with van der Waals surface area (Å²) >= 11 is 0. The Kier molecular flexibility index (Phi) is 5.13. The molecule has 0 spiro atoms. The Balaban J connectivity index is 1.29. The van der Waals surface area contributed by atoms with E-state index in [1.54, 1.807) is 12.5 Å². The number of nitrogens with one attached hydrogen (secondary N) is 1. The molecule has 2 aliphatic heterocycles. The molecule has 4 heterocycles. The van der Waals surface area contributed by atoms with Crippen LogP contribution < -0.4 is 0 Å². The van der Waals surface area contributed by atoms with Crippen LogP contribution in [0.2, 0.25) is 0 Å². The van der Waals surface area contributed by atoms with Gasteiger partial charge in [-0.1, -0.05) is 30.3 Å². The first-order valence-electron chi connectivity index (χ1n) is 10.5. The molecule has 2 aliphatic rings. The lowest BCUT2D eigenvalue weighted by atomic mass is 9.88. The molecule has 0 bridgehead atoms. The molecule has 1 aromatic carbocycles. The van der Waals surface area contributed by atoms with E-state index in [1.165, 1.54) is 10.9 Å². The SMILES string of the molecule is O=C(C(Cc1ccccc1)C1=COCO1)N1CCC(c2c[nH]c3ncccc23)CC1. The van der Waals surface area contributed by atoms with E-state index in [4.69, 9.17) is 9.47 Å². The minimum absolute atomic E-state index is 0.120. The molecule has 0 radical (unpaired) electrons. The highest BCUT2D eigenvalue weighted by Gasteiger charge is 2.34. The molecule has 30 heavy (non-hydrogen) atoms. The molecule has 1 unspecified atom stereocenters. The van der Waals surface area contributed by atoms with E-state index in [1.807, 2.05) is 41.3 Å². The topological polar surface area (TPSA) is 67.5 Å². The van der Waals surface area contributed by atoms with E-state index >= 15 is 0 Å². The second-order valence-corrected chi connectivity index (χ2v) is 7.93. The summed E-state index contributed by atoms with van der Waals surface area (Å²) in [5.74, 6) is 0.844. The van der Waals surface area contributed by atoms with Gasteiger partial charge in [0, 0.05) is 30.9 Å². The average molecular weight is 403 g/mol. The zero-order valence-corrected chi connectivity index (χ0v) is 16.8. The van der Waals surface area contributed by atoms with E-state index in [0.29, 0.717) is 18.1 Å². The molecule has 1 atom stereocenters. The van der Waals surface area contributed by atoms with Gasteiger partial charge >= 0.3 is 0 Å². The Morgan fingerprint density at radius 2 is 2.00 bits per heavy atom. The number of aromatic nitrogens is 2. The summed E-state index contributed by atoms with van der Waals surface area (Å²) in [6, 6.07) is 14.2. The Bertz CT molecular complexity index is 1050. The van der Waals surface area contributed by atoms with Crippen LogP contribution in [0.4, 0.5) is 0 Å². The summed E-state index contributed by atoms with van der Waals surface area (Å²) in [6.45, 7) is 1.68. The molecule has 6 heteroatoms. The maximum absolute atomic E-state index is 13.4. The predicted octanol–water partition coefficient (Wildman–Crippen LogP) is 3.97. The summed E-state index contributed by atoms with van der Waals surface area (Å²) in [7, 11) is 0.